The Morgan fingerprint density at radius 3 is 2.82 bits per heavy atom. The van der Waals surface area contributed by atoms with Crippen LogP contribution in [0.5, 0.6) is 0 Å². The lowest BCUT2D eigenvalue weighted by Crippen LogP contribution is -2.14. The molecule has 0 saturated heterocycles. The Morgan fingerprint density at radius 1 is 1.55 bits per heavy atom. The molecule has 0 fully saturated rings. The lowest BCUT2D eigenvalue weighted by molar-refractivity contribution is -0.0516. The van der Waals surface area contributed by atoms with Gasteiger partial charge in [-0.2, -0.15) is 0 Å². The van der Waals surface area contributed by atoms with Gasteiger partial charge in [0.1, 0.15) is 0 Å². The SMILES string of the molecule is C=C(NOC)OCOCCC. The van der Waals surface area contributed by atoms with Crippen molar-refractivity contribution in [3.63, 3.8) is 0 Å². The van der Waals surface area contributed by atoms with Crippen molar-refractivity contribution in [2.45, 2.75) is 13.3 Å². The van der Waals surface area contributed by atoms with Crippen molar-refractivity contribution in [3.8, 4) is 0 Å². The molecule has 0 aliphatic carbocycles. The van der Waals surface area contributed by atoms with Gasteiger partial charge in [0.2, 0.25) is 5.88 Å². The van der Waals surface area contributed by atoms with E-state index in [0.29, 0.717) is 12.5 Å². The predicted molar refractivity (Wildman–Crippen MR) is 41.5 cm³/mol. The molecule has 66 valence electrons. The summed E-state index contributed by atoms with van der Waals surface area (Å²) in [5.74, 6) is 0.351. The Kier molecular flexibility index (Phi) is 6.87. The Bertz CT molecular complexity index is 106. The minimum atomic E-state index is 0.211. The van der Waals surface area contributed by atoms with E-state index in [9.17, 15) is 0 Å². The highest BCUT2D eigenvalue weighted by atomic mass is 16.7. The molecule has 0 aromatic heterocycles. The zero-order valence-electron chi connectivity index (χ0n) is 7.05. The largest absolute Gasteiger partial charge is 0.451 e. The minimum absolute atomic E-state index is 0.211. The second-order valence-corrected chi connectivity index (χ2v) is 1.90. The van der Waals surface area contributed by atoms with Crippen LogP contribution in [0.1, 0.15) is 13.3 Å². The molecule has 0 aliphatic rings. The van der Waals surface area contributed by atoms with Gasteiger partial charge in [-0.1, -0.05) is 6.92 Å². The third-order valence-electron chi connectivity index (χ3n) is 0.881. The molecule has 0 amide bonds. The van der Waals surface area contributed by atoms with Gasteiger partial charge in [0.05, 0.1) is 13.7 Å². The number of rotatable bonds is 7. The first-order chi connectivity index (χ1) is 5.31. The van der Waals surface area contributed by atoms with Crippen molar-refractivity contribution in [1.82, 2.24) is 5.48 Å². The second-order valence-electron chi connectivity index (χ2n) is 1.90. The summed E-state index contributed by atoms with van der Waals surface area (Å²) in [4.78, 5) is 4.53. The molecule has 0 aromatic carbocycles. The molecule has 4 nitrogen and oxygen atoms in total. The van der Waals surface area contributed by atoms with Gasteiger partial charge in [-0.25, -0.2) is 5.48 Å². The molecular formula is C7H15NO3. The van der Waals surface area contributed by atoms with E-state index in [4.69, 9.17) is 9.47 Å². The zero-order valence-corrected chi connectivity index (χ0v) is 7.05. The molecule has 0 radical (unpaired) electrons. The van der Waals surface area contributed by atoms with Crippen LogP contribution in [0.25, 0.3) is 0 Å². The van der Waals surface area contributed by atoms with Gasteiger partial charge < -0.3 is 9.47 Å². The monoisotopic (exact) mass is 161 g/mol. The Hall–Kier alpha value is -0.740. The lowest BCUT2D eigenvalue weighted by atomic mass is 10.5. The molecule has 0 atom stereocenters. The third kappa shape index (κ3) is 7.15. The van der Waals surface area contributed by atoms with E-state index in [1.54, 1.807) is 0 Å². The second kappa shape index (κ2) is 7.37. The van der Waals surface area contributed by atoms with Gasteiger partial charge in [0, 0.05) is 0 Å². The molecule has 0 aliphatic heterocycles. The Morgan fingerprint density at radius 2 is 2.27 bits per heavy atom. The number of hydrogen-bond acceptors (Lipinski definition) is 4. The van der Waals surface area contributed by atoms with Crippen molar-refractivity contribution in [3.05, 3.63) is 12.5 Å². The quantitative estimate of drug-likeness (QED) is 0.262. The van der Waals surface area contributed by atoms with E-state index in [1.807, 2.05) is 6.92 Å². The molecule has 0 aromatic rings. The van der Waals surface area contributed by atoms with E-state index in [-0.39, 0.29) is 6.79 Å². The van der Waals surface area contributed by atoms with Gasteiger partial charge in [0.25, 0.3) is 0 Å². The number of ether oxygens (including phenoxy) is 2. The fraction of sp³-hybridized carbons (Fsp3) is 0.714. The molecule has 0 rings (SSSR count). The van der Waals surface area contributed by atoms with Crippen molar-refractivity contribution in [2.75, 3.05) is 20.5 Å². The van der Waals surface area contributed by atoms with Crippen LogP contribution in [0, 0.1) is 0 Å². The third-order valence-corrected chi connectivity index (χ3v) is 0.881. The van der Waals surface area contributed by atoms with E-state index in [0.717, 1.165) is 6.42 Å². The predicted octanol–water partition coefficient (Wildman–Crippen LogP) is 1.01. The topological polar surface area (TPSA) is 39.7 Å². The summed E-state index contributed by atoms with van der Waals surface area (Å²) in [6.07, 6.45) is 0.980. The maximum Gasteiger partial charge on any atom is 0.205 e. The van der Waals surface area contributed by atoms with Crippen LogP contribution >= 0.6 is 0 Å². The van der Waals surface area contributed by atoms with E-state index in [2.05, 4.69) is 16.9 Å². The molecule has 4 heteroatoms. The smallest absolute Gasteiger partial charge is 0.205 e. The summed E-state index contributed by atoms with van der Waals surface area (Å²) in [5, 5.41) is 0. The van der Waals surface area contributed by atoms with Crippen LogP contribution in [0.4, 0.5) is 0 Å². The van der Waals surface area contributed by atoms with Gasteiger partial charge in [-0.05, 0) is 13.0 Å². The molecule has 0 heterocycles. The van der Waals surface area contributed by atoms with Crippen LogP contribution in [0.3, 0.4) is 0 Å². The van der Waals surface area contributed by atoms with E-state index >= 15 is 0 Å². The first kappa shape index (κ1) is 10.3. The van der Waals surface area contributed by atoms with E-state index < -0.39 is 0 Å². The standard InChI is InChI=1S/C7H15NO3/c1-4-5-10-6-11-7(2)8-9-3/h8H,2,4-6H2,1,3H3. The average Bonchev–Trinajstić information content (AvgIpc) is 1.99. The summed E-state index contributed by atoms with van der Waals surface area (Å²) < 4.78 is 9.95. The van der Waals surface area contributed by atoms with Gasteiger partial charge in [0.15, 0.2) is 6.79 Å². The van der Waals surface area contributed by atoms with Gasteiger partial charge >= 0.3 is 0 Å². The molecule has 11 heavy (non-hydrogen) atoms. The highest BCUT2D eigenvalue weighted by molar-refractivity contribution is 4.72. The molecule has 0 saturated carbocycles. The van der Waals surface area contributed by atoms with E-state index in [1.165, 1.54) is 7.11 Å². The number of hydrogen-bond donors (Lipinski definition) is 1. The van der Waals surface area contributed by atoms with Crippen LogP contribution in [0.2, 0.25) is 0 Å². The van der Waals surface area contributed by atoms with Crippen molar-refractivity contribution >= 4 is 0 Å². The fourth-order valence-corrected chi connectivity index (χ4v) is 0.459. The van der Waals surface area contributed by atoms with Crippen molar-refractivity contribution in [2.24, 2.45) is 0 Å². The normalized spacial score (nSPS) is 9.27. The summed E-state index contributed by atoms with van der Waals surface area (Å²) in [6, 6.07) is 0. The maximum absolute atomic E-state index is 5.02. The number of hydroxylamine groups is 1. The molecule has 0 unspecified atom stereocenters. The van der Waals surface area contributed by atoms with Crippen LogP contribution in [-0.2, 0) is 14.3 Å². The Labute approximate surface area is 67.1 Å². The number of nitrogens with one attached hydrogen (secondary N) is 1. The van der Waals surface area contributed by atoms with Gasteiger partial charge in [-0.15, -0.1) is 0 Å². The summed E-state index contributed by atoms with van der Waals surface area (Å²) in [6.45, 7) is 6.44. The maximum atomic E-state index is 5.02. The summed E-state index contributed by atoms with van der Waals surface area (Å²) in [7, 11) is 1.49. The van der Waals surface area contributed by atoms with Crippen LogP contribution < -0.4 is 5.48 Å². The van der Waals surface area contributed by atoms with Crippen molar-refractivity contribution in [1.29, 1.82) is 0 Å². The summed E-state index contributed by atoms with van der Waals surface area (Å²) in [5.41, 5.74) is 2.43. The zero-order chi connectivity index (χ0) is 8.53. The Balaban J connectivity index is 3.04. The van der Waals surface area contributed by atoms with Crippen LogP contribution in [-0.4, -0.2) is 20.5 Å². The first-order valence-electron chi connectivity index (χ1n) is 3.49. The highest BCUT2D eigenvalue weighted by Crippen LogP contribution is 1.88. The van der Waals surface area contributed by atoms with Crippen molar-refractivity contribution < 1.29 is 14.3 Å². The molecule has 0 bridgehead atoms. The average molecular weight is 161 g/mol. The fourth-order valence-electron chi connectivity index (χ4n) is 0.459. The summed E-state index contributed by atoms with van der Waals surface area (Å²) >= 11 is 0. The lowest BCUT2D eigenvalue weighted by Gasteiger charge is -2.08. The first-order valence-corrected chi connectivity index (χ1v) is 3.49. The molecule has 1 N–H and O–H groups in total. The molecular weight excluding hydrogens is 146 g/mol. The minimum Gasteiger partial charge on any atom is -0.451 e. The molecule has 0 spiro atoms. The van der Waals surface area contributed by atoms with Crippen LogP contribution in [0.15, 0.2) is 12.5 Å². The van der Waals surface area contributed by atoms with Gasteiger partial charge in [-0.3, -0.25) is 4.84 Å². The highest BCUT2D eigenvalue weighted by Gasteiger charge is 1.90.